The summed E-state index contributed by atoms with van der Waals surface area (Å²) in [7, 11) is 0. The number of hydrogen-bond donors (Lipinski definition) is 3. The molecule has 0 bridgehead atoms. The van der Waals surface area contributed by atoms with E-state index in [1.54, 1.807) is 0 Å². The van der Waals surface area contributed by atoms with E-state index in [4.69, 9.17) is 0 Å². The number of rotatable bonds is 6. The molecule has 0 aliphatic carbocycles. The van der Waals surface area contributed by atoms with Gasteiger partial charge in [-0.15, -0.1) is 0 Å². The van der Waals surface area contributed by atoms with Gasteiger partial charge in [0, 0.05) is 19.6 Å². The van der Waals surface area contributed by atoms with Crippen molar-refractivity contribution >= 4 is 5.91 Å². The highest BCUT2D eigenvalue weighted by Crippen LogP contribution is 1.96. The maximum Gasteiger partial charge on any atom is 0.234 e. The van der Waals surface area contributed by atoms with Crippen molar-refractivity contribution in [3.05, 3.63) is 0 Å². The van der Waals surface area contributed by atoms with Gasteiger partial charge in [-0.05, 0) is 32.4 Å². The Morgan fingerprint density at radius 2 is 2.29 bits per heavy atom. The van der Waals surface area contributed by atoms with Crippen LogP contribution >= 0.6 is 0 Å². The van der Waals surface area contributed by atoms with E-state index in [1.807, 2.05) is 6.92 Å². The molecule has 1 aliphatic rings. The summed E-state index contributed by atoms with van der Waals surface area (Å²) in [6.07, 6.45) is 2.19. The lowest BCUT2D eigenvalue weighted by Crippen LogP contribution is -2.39. The Kier molecular flexibility index (Phi) is 7.16. The lowest BCUT2D eigenvalue weighted by atomic mass is 10.2. The molecule has 1 fully saturated rings. The fraction of sp³-hybridized carbons (Fsp3) is 0.917. The first-order valence-electron chi connectivity index (χ1n) is 6.60. The Balaban J connectivity index is 2.10. The fourth-order valence-electron chi connectivity index (χ4n) is 1.90. The van der Waals surface area contributed by atoms with Gasteiger partial charge in [-0.3, -0.25) is 9.69 Å². The number of carbonyl (C=O) groups is 1. The Morgan fingerprint density at radius 3 is 3.06 bits per heavy atom. The Morgan fingerprint density at radius 1 is 1.47 bits per heavy atom. The van der Waals surface area contributed by atoms with E-state index in [1.165, 1.54) is 0 Å². The van der Waals surface area contributed by atoms with Crippen LogP contribution in [-0.4, -0.2) is 61.3 Å². The number of nitrogens with one attached hydrogen (secondary N) is 2. The number of amides is 1. The third-order valence-corrected chi connectivity index (χ3v) is 3.07. The van der Waals surface area contributed by atoms with Crippen molar-refractivity contribution in [2.75, 3.05) is 39.3 Å². The van der Waals surface area contributed by atoms with Crippen molar-refractivity contribution in [3.63, 3.8) is 0 Å². The second-order valence-electron chi connectivity index (χ2n) is 4.58. The van der Waals surface area contributed by atoms with E-state index < -0.39 is 0 Å². The van der Waals surface area contributed by atoms with E-state index in [2.05, 4.69) is 15.5 Å². The first-order chi connectivity index (χ1) is 8.22. The maximum atomic E-state index is 11.6. The molecule has 1 atom stereocenters. The second kappa shape index (κ2) is 8.44. The molecule has 5 heteroatoms. The summed E-state index contributed by atoms with van der Waals surface area (Å²) < 4.78 is 0. The number of nitrogens with zero attached hydrogens (tertiary/aromatic N) is 1. The highest BCUT2D eigenvalue weighted by atomic mass is 16.3. The normalized spacial score (nSPS) is 19.6. The number of hydrogen-bond acceptors (Lipinski definition) is 4. The van der Waals surface area contributed by atoms with Gasteiger partial charge in [0.05, 0.1) is 12.6 Å². The van der Waals surface area contributed by atoms with Crippen LogP contribution < -0.4 is 10.6 Å². The molecule has 1 rings (SSSR count). The van der Waals surface area contributed by atoms with Crippen LogP contribution in [0.25, 0.3) is 0 Å². The highest BCUT2D eigenvalue weighted by Gasteiger charge is 2.12. The van der Waals surface area contributed by atoms with E-state index in [0.717, 1.165) is 39.0 Å². The lowest BCUT2D eigenvalue weighted by Gasteiger charge is -2.18. The SMILES string of the molecule is CCC(O)CCNC(=O)CN1CCCNCC1. The number of carbonyl (C=O) groups excluding carboxylic acids is 1. The molecular formula is C12H25N3O2. The van der Waals surface area contributed by atoms with E-state index >= 15 is 0 Å². The van der Waals surface area contributed by atoms with Crippen molar-refractivity contribution in [2.45, 2.75) is 32.3 Å². The summed E-state index contributed by atoms with van der Waals surface area (Å²) in [6, 6.07) is 0. The minimum Gasteiger partial charge on any atom is -0.393 e. The van der Waals surface area contributed by atoms with Gasteiger partial charge in [0.25, 0.3) is 0 Å². The summed E-state index contributed by atoms with van der Waals surface area (Å²) in [6.45, 7) is 6.91. The first kappa shape index (κ1) is 14.4. The van der Waals surface area contributed by atoms with E-state index in [9.17, 15) is 9.90 Å². The number of aliphatic hydroxyl groups is 1. The zero-order valence-electron chi connectivity index (χ0n) is 10.7. The van der Waals surface area contributed by atoms with Gasteiger partial charge in [-0.2, -0.15) is 0 Å². The summed E-state index contributed by atoms with van der Waals surface area (Å²) >= 11 is 0. The maximum absolute atomic E-state index is 11.6. The second-order valence-corrected chi connectivity index (χ2v) is 4.58. The van der Waals surface area contributed by atoms with E-state index in [-0.39, 0.29) is 12.0 Å². The summed E-state index contributed by atoms with van der Waals surface area (Å²) in [4.78, 5) is 13.8. The van der Waals surface area contributed by atoms with Gasteiger partial charge in [0.2, 0.25) is 5.91 Å². The zero-order chi connectivity index (χ0) is 12.5. The standard InChI is InChI=1S/C12H25N3O2/c1-2-11(16)4-6-14-12(17)10-15-8-3-5-13-7-9-15/h11,13,16H,2-10H2,1H3,(H,14,17). The van der Waals surface area contributed by atoms with Crippen molar-refractivity contribution in [1.29, 1.82) is 0 Å². The van der Waals surface area contributed by atoms with Gasteiger partial charge in [0.1, 0.15) is 0 Å². The molecule has 1 heterocycles. The molecular weight excluding hydrogens is 218 g/mol. The molecule has 3 N–H and O–H groups in total. The Labute approximate surface area is 104 Å². The van der Waals surface area contributed by atoms with E-state index in [0.29, 0.717) is 19.5 Å². The summed E-state index contributed by atoms with van der Waals surface area (Å²) in [5.41, 5.74) is 0. The molecule has 0 spiro atoms. The molecule has 17 heavy (non-hydrogen) atoms. The average Bonchev–Trinajstić information content (AvgIpc) is 2.57. The van der Waals surface area contributed by atoms with Gasteiger partial charge in [0.15, 0.2) is 0 Å². The molecule has 0 aromatic heterocycles. The van der Waals surface area contributed by atoms with Gasteiger partial charge < -0.3 is 15.7 Å². The predicted molar refractivity (Wildman–Crippen MR) is 67.9 cm³/mol. The van der Waals surface area contributed by atoms with Crippen molar-refractivity contribution < 1.29 is 9.90 Å². The van der Waals surface area contributed by atoms with Crippen molar-refractivity contribution in [1.82, 2.24) is 15.5 Å². The molecule has 0 radical (unpaired) electrons. The highest BCUT2D eigenvalue weighted by molar-refractivity contribution is 5.77. The van der Waals surface area contributed by atoms with Crippen LogP contribution in [0.15, 0.2) is 0 Å². The smallest absolute Gasteiger partial charge is 0.234 e. The van der Waals surface area contributed by atoms with Gasteiger partial charge >= 0.3 is 0 Å². The predicted octanol–water partition coefficient (Wildman–Crippen LogP) is -0.441. The summed E-state index contributed by atoms with van der Waals surface area (Å²) in [5.74, 6) is 0.0650. The van der Waals surface area contributed by atoms with Gasteiger partial charge in [-0.25, -0.2) is 0 Å². The number of aliphatic hydroxyl groups excluding tert-OH is 1. The molecule has 1 saturated heterocycles. The average molecular weight is 243 g/mol. The third kappa shape index (κ3) is 6.61. The lowest BCUT2D eigenvalue weighted by molar-refractivity contribution is -0.122. The monoisotopic (exact) mass is 243 g/mol. The van der Waals surface area contributed by atoms with Crippen LogP contribution in [-0.2, 0) is 4.79 Å². The molecule has 100 valence electrons. The molecule has 1 unspecified atom stereocenters. The molecule has 0 saturated carbocycles. The zero-order valence-corrected chi connectivity index (χ0v) is 10.7. The fourth-order valence-corrected chi connectivity index (χ4v) is 1.90. The Hall–Kier alpha value is -0.650. The van der Waals surface area contributed by atoms with Crippen LogP contribution in [0, 0.1) is 0 Å². The Bertz CT molecular complexity index is 216. The minimum absolute atomic E-state index is 0.0650. The van der Waals surface area contributed by atoms with Crippen molar-refractivity contribution in [2.24, 2.45) is 0 Å². The third-order valence-electron chi connectivity index (χ3n) is 3.07. The molecule has 5 nitrogen and oxygen atoms in total. The molecule has 1 amide bonds. The quantitative estimate of drug-likeness (QED) is 0.592. The van der Waals surface area contributed by atoms with Crippen molar-refractivity contribution in [3.8, 4) is 0 Å². The van der Waals surface area contributed by atoms with Crippen LogP contribution in [0.4, 0.5) is 0 Å². The molecule has 0 aromatic rings. The van der Waals surface area contributed by atoms with Crippen LogP contribution in [0.5, 0.6) is 0 Å². The topological polar surface area (TPSA) is 64.6 Å². The molecule has 1 aliphatic heterocycles. The largest absolute Gasteiger partial charge is 0.393 e. The minimum atomic E-state index is -0.294. The first-order valence-corrected chi connectivity index (χ1v) is 6.60. The van der Waals surface area contributed by atoms with Crippen LogP contribution in [0.2, 0.25) is 0 Å². The van der Waals surface area contributed by atoms with Gasteiger partial charge in [-0.1, -0.05) is 6.92 Å². The van der Waals surface area contributed by atoms with Crippen LogP contribution in [0.3, 0.4) is 0 Å². The molecule has 0 aromatic carbocycles. The summed E-state index contributed by atoms with van der Waals surface area (Å²) in [5, 5.41) is 15.5. The van der Waals surface area contributed by atoms with Crippen LogP contribution in [0.1, 0.15) is 26.2 Å².